The van der Waals surface area contributed by atoms with E-state index < -0.39 is 23.0 Å². The highest BCUT2D eigenvalue weighted by Gasteiger charge is 2.30. The molecular weight excluding hydrogens is 472 g/mol. The van der Waals surface area contributed by atoms with Crippen molar-refractivity contribution in [1.82, 2.24) is 5.32 Å². The maximum atomic E-state index is 13.4. The van der Waals surface area contributed by atoms with Crippen molar-refractivity contribution in [3.63, 3.8) is 0 Å². The number of hydrogen-bond donors (Lipinski definition) is 1. The zero-order valence-electron chi connectivity index (χ0n) is 21.4. The van der Waals surface area contributed by atoms with Gasteiger partial charge in [-0.2, -0.15) is 5.26 Å². The summed E-state index contributed by atoms with van der Waals surface area (Å²) in [5.74, 6) is -0.885. The van der Waals surface area contributed by atoms with Crippen LogP contribution in [-0.2, 0) is 19.1 Å². The highest BCUT2D eigenvalue weighted by molar-refractivity contribution is 7.99. The smallest absolute Gasteiger partial charge is 0.333 e. The minimum atomic E-state index is -0.696. The van der Waals surface area contributed by atoms with E-state index in [9.17, 15) is 14.9 Å². The van der Waals surface area contributed by atoms with E-state index in [2.05, 4.69) is 18.0 Å². The van der Waals surface area contributed by atoms with Gasteiger partial charge in [0.25, 0.3) is 5.91 Å². The first-order valence-corrected chi connectivity index (χ1v) is 12.6. The van der Waals surface area contributed by atoms with Crippen molar-refractivity contribution < 1.29 is 19.1 Å². The molecule has 1 aliphatic heterocycles. The summed E-state index contributed by atoms with van der Waals surface area (Å²) in [5, 5.41) is 13.1. The van der Waals surface area contributed by atoms with Gasteiger partial charge in [0.2, 0.25) is 0 Å². The van der Waals surface area contributed by atoms with Crippen molar-refractivity contribution in [2.24, 2.45) is 0 Å². The van der Waals surface area contributed by atoms with E-state index in [0.29, 0.717) is 24.2 Å². The summed E-state index contributed by atoms with van der Waals surface area (Å²) in [4.78, 5) is 27.1. The first-order chi connectivity index (χ1) is 16.9. The van der Waals surface area contributed by atoms with Gasteiger partial charge in [-0.3, -0.25) is 4.79 Å². The van der Waals surface area contributed by atoms with Gasteiger partial charge in [0.15, 0.2) is 0 Å². The third kappa shape index (κ3) is 6.66. The maximum absolute atomic E-state index is 13.4. The molecule has 1 heterocycles. The summed E-state index contributed by atoms with van der Waals surface area (Å²) in [6.45, 7) is 13.0. The van der Waals surface area contributed by atoms with Gasteiger partial charge in [0.1, 0.15) is 18.2 Å². The maximum Gasteiger partial charge on any atom is 0.333 e. The average molecular weight is 505 g/mol. The van der Waals surface area contributed by atoms with E-state index in [1.807, 2.05) is 76.2 Å². The summed E-state index contributed by atoms with van der Waals surface area (Å²) < 4.78 is 11.1. The third-order valence-corrected chi connectivity index (χ3v) is 6.84. The lowest BCUT2D eigenvalue weighted by Gasteiger charge is -2.30. The second kappa shape index (κ2) is 11.2. The predicted molar refractivity (Wildman–Crippen MR) is 141 cm³/mol. The number of nitriles is 1. The molecule has 1 amide bonds. The quantitative estimate of drug-likeness (QED) is 0.229. The molecule has 36 heavy (non-hydrogen) atoms. The molecule has 0 radical (unpaired) electrons. The molecule has 0 fully saturated rings. The monoisotopic (exact) mass is 504 g/mol. The van der Waals surface area contributed by atoms with E-state index in [1.165, 1.54) is 0 Å². The van der Waals surface area contributed by atoms with E-state index >= 15 is 0 Å². The largest absolute Gasteiger partial charge is 0.459 e. The Morgan fingerprint density at radius 1 is 1.03 bits per heavy atom. The predicted octanol–water partition coefficient (Wildman–Crippen LogP) is 5.68. The van der Waals surface area contributed by atoms with Gasteiger partial charge in [-0.1, -0.05) is 54.7 Å². The van der Waals surface area contributed by atoms with Crippen molar-refractivity contribution in [3.8, 4) is 6.07 Å². The number of benzene rings is 2. The summed E-state index contributed by atoms with van der Waals surface area (Å²) in [6, 6.07) is 17.8. The first kappa shape index (κ1) is 27.3. The number of amides is 1. The summed E-state index contributed by atoms with van der Waals surface area (Å²) in [6.07, 6.45) is 0.494. The Kier molecular flexibility index (Phi) is 8.44. The standard InChI is InChI=1S/C29H32N2O4S/c1-19(2)27(33)34-18-29(5,6)35-16-15-28(3,4)31-26(32)22(17-30)25-20-11-7-9-13-23(20)36-24-14-10-8-12-21(24)25/h7-14H,1,15-16,18H2,2-6H3,(H,31,32). The number of carbonyl (C=O) groups excluding carboxylic acids is 2. The fourth-order valence-electron chi connectivity index (χ4n) is 3.70. The van der Waals surface area contributed by atoms with Crippen LogP contribution in [0.2, 0.25) is 0 Å². The minimum absolute atomic E-state index is 0.0798. The van der Waals surface area contributed by atoms with E-state index in [1.54, 1.807) is 18.7 Å². The lowest BCUT2D eigenvalue weighted by molar-refractivity contribution is -0.149. The van der Waals surface area contributed by atoms with Crippen molar-refractivity contribution in [2.75, 3.05) is 13.2 Å². The normalized spacial score (nSPS) is 12.6. The van der Waals surface area contributed by atoms with Gasteiger partial charge in [-0.25, -0.2) is 4.79 Å². The van der Waals surface area contributed by atoms with Gasteiger partial charge in [-0.15, -0.1) is 0 Å². The molecule has 0 unspecified atom stereocenters. The Balaban J connectivity index is 1.75. The highest BCUT2D eigenvalue weighted by Crippen LogP contribution is 2.46. The van der Waals surface area contributed by atoms with Crippen LogP contribution in [0.15, 0.2) is 76.0 Å². The number of nitrogens with one attached hydrogen (secondary N) is 1. The van der Waals surface area contributed by atoms with Crippen LogP contribution >= 0.6 is 11.8 Å². The average Bonchev–Trinajstić information content (AvgIpc) is 2.81. The van der Waals surface area contributed by atoms with Crippen LogP contribution in [0.3, 0.4) is 0 Å². The Bertz CT molecular complexity index is 1210. The minimum Gasteiger partial charge on any atom is -0.459 e. The Labute approximate surface area is 217 Å². The number of ether oxygens (including phenoxy) is 2. The molecule has 1 N–H and O–H groups in total. The molecule has 0 spiro atoms. The molecular formula is C29H32N2O4S. The lowest BCUT2D eigenvalue weighted by atomic mass is 9.91. The number of rotatable bonds is 9. The number of esters is 1. The van der Waals surface area contributed by atoms with E-state index in [-0.39, 0.29) is 12.2 Å². The molecule has 0 aliphatic carbocycles. The van der Waals surface area contributed by atoms with Gasteiger partial charge in [0, 0.05) is 33.1 Å². The molecule has 0 atom stereocenters. The van der Waals surface area contributed by atoms with Crippen molar-refractivity contribution in [1.29, 1.82) is 5.26 Å². The van der Waals surface area contributed by atoms with Crippen molar-refractivity contribution in [3.05, 3.63) is 77.4 Å². The van der Waals surface area contributed by atoms with Crippen LogP contribution in [0.5, 0.6) is 0 Å². The number of fused-ring (bicyclic) bond motifs is 2. The van der Waals surface area contributed by atoms with Crippen LogP contribution in [-0.4, -0.2) is 36.2 Å². The van der Waals surface area contributed by atoms with Crippen LogP contribution in [0, 0.1) is 11.3 Å². The zero-order valence-corrected chi connectivity index (χ0v) is 22.3. The van der Waals surface area contributed by atoms with Gasteiger partial charge >= 0.3 is 5.97 Å². The Hall–Kier alpha value is -3.34. The van der Waals surface area contributed by atoms with Gasteiger partial charge < -0.3 is 14.8 Å². The Morgan fingerprint density at radius 3 is 2.11 bits per heavy atom. The Morgan fingerprint density at radius 2 is 1.58 bits per heavy atom. The molecule has 0 bridgehead atoms. The molecule has 2 aromatic carbocycles. The molecule has 0 saturated carbocycles. The van der Waals surface area contributed by atoms with Gasteiger partial charge in [0.05, 0.1) is 5.60 Å². The van der Waals surface area contributed by atoms with Crippen molar-refractivity contribution >= 4 is 29.2 Å². The zero-order chi connectivity index (χ0) is 26.5. The molecule has 6 nitrogen and oxygen atoms in total. The second-order valence-electron chi connectivity index (χ2n) is 10.0. The fourth-order valence-corrected chi connectivity index (χ4v) is 4.79. The first-order valence-electron chi connectivity index (χ1n) is 11.7. The summed E-state index contributed by atoms with van der Waals surface area (Å²) in [5.41, 5.74) is 1.47. The number of hydrogen-bond acceptors (Lipinski definition) is 6. The number of carbonyl (C=O) groups is 2. The van der Waals surface area contributed by atoms with E-state index in [0.717, 1.165) is 20.9 Å². The second-order valence-corrected chi connectivity index (χ2v) is 11.1. The molecule has 188 valence electrons. The van der Waals surface area contributed by atoms with Crippen LogP contribution in [0.25, 0.3) is 5.57 Å². The SMILES string of the molecule is C=C(C)C(=O)OCC(C)(C)OCCC(C)(C)NC(=O)C(C#N)=C1c2ccccc2Sc2ccccc21. The van der Waals surface area contributed by atoms with Crippen LogP contribution in [0.4, 0.5) is 0 Å². The molecule has 7 heteroatoms. The van der Waals surface area contributed by atoms with Crippen molar-refractivity contribution in [2.45, 2.75) is 62.0 Å². The summed E-state index contributed by atoms with van der Waals surface area (Å²) in [7, 11) is 0. The van der Waals surface area contributed by atoms with Crippen LogP contribution in [0.1, 0.15) is 52.2 Å². The van der Waals surface area contributed by atoms with E-state index in [4.69, 9.17) is 9.47 Å². The third-order valence-electron chi connectivity index (χ3n) is 5.69. The topological polar surface area (TPSA) is 88.4 Å². The molecule has 1 aliphatic rings. The highest BCUT2D eigenvalue weighted by atomic mass is 32.2. The van der Waals surface area contributed by atoms with Gasteiger partial charge in [-0.05, 0) is 64.3 Å². The fraction of sp³-hybridized carbons (Fsp3) is 0.345. The molecule has 2 aromatic rings. The number of nitrogens with zero attached hydrogens (tertiary/aromatic N) is 1. The molecule has 3 rings (SSSR count). The lowest BCUT2D eigenvalue weighted by Crippen LogP contribution is -2.45. The molecule has 0 aromatic heterocycles. The summed E-state index contributed by atoms with van der Waals surface area (Å²) >= 11 is 1.63. The molecule has 0 saturated heterocycles. The van der Waals surface area contributed by atoms with Crippen LogP contribution < -0.4 is 5.32 Å².